The molecular formula is C13H21N5O2. The van der Waals surface area contributed by atoms with Gasteiger partial charge < -0.3 is 20.6 Å². The molecule has 1 saturated carbocycles. The van der Waals surface area contributed by atoms with E-state index in [4.69, 9.17) is 5.11 Å². The van der Waals surface area contributed by atoms with Crippen LogP contribution in [0.4, 0.5) is 16.6 Å². The van der Waals surface area contributed by atoms with Crippen LogP contribution >= 0.6 is 0 Å². The fourth-order valence-electron chi connectivity index (χ4n) is 2.41. The summed E-state index contributed by atoms with van der Waals surface area (Å²) in [6.45, 7) is 0. The SMILES string of the molecule is CN(C)c1ccnc(N[C@H]2CC[C@@H](NC(=O)O)CC2)n1. The summed E-state index contributed by atoms with van der Waals surface area (Å²) in [4.78, 5) is 21.2. The molecule has 0 spiro atoms. The third-order valence-corrected chi connectivity index (χ3v) is 3.49. The highest BCUT2D eigenvalue weighted by molar-refractivity contribution is 5.64. The third-order valence-electron chi connectivity index (χ3n) is 3.49. The number of hydrogen-bond acceptors (Lipinski definition) is 5. The van der Waals surface area contributed by atoms with Crippen LogP contribution in [0.15, 0.2) is 12.3 Å². The Bertz CT molecular complexity index is 458. The third kappa shape index (κ3) is 3.97. The number of anilines is 2. The molecule has 3 N–H and O–H groups in total. The number of carboxylic acid groups (broad SMARTS) is 1. The Morgan fingerprint density at radius 3 is 2.55 bits per heavy atom. The van der Waals surface area contributed by atoms with Gasteiger partial charge in [-0.05, 0) is 31.7 Å². The van der Waals surface area contributed by atoms with Gasteiger partial charge in [-0.3, -0.25) is 0 Å². The first-order valence-electron chi connectivity index (χ1n) is 6.81. The van der Waals surface area contributed by atoms with Gasteiger partial charge in [0, 0.05) is 32.4 Å². The lowest BCUT2D eigenvalue weighted by Gasteiger charge is -2.29. The average Bonchev–Trinajstić information content (AvgIpc) is 2.41. The maximum atomic E-state index is 10.6. The summed E-state index contributed by atoms with van der Waals surface area (Å²) in [5.74, 6) is 1.49. The van der Waals surface area contributed by atoms with E-state index in [0.29, 0.717) is 12.0 Å². The molecule has 1 aromatic heterocycles. The maximum absolute atomic E-state index is 10.6. The maximum Gasteiger partial charge on any atom is 0.404 e. The Labute approximate surface area is 118 Å². The molecular weight excluding hydrogens is 258 g/mol. The van der Waals surface area contributed by atoms with Crippen molar-refractivity contribution in [3.8, 4) is 0 Å². The molecule has 0 aromatic carbocycles. The fraction of sp³-hybridized carbons (Fsp3) is 0.615. The fourth-order valence-corrected chi connectivity index (χ4v) is 2.41. The minimum absolute atomic E-state index is 0.0691. The Hall–Kier alpha value is -2.05. The Morgan fingerprint density at radius 1 is 1.30 bits per heavy atom. The van der Waals surface area contributed by atoms with Crippen LogP contribution in [-0.4, -0.2) is 47.3 Å². The molecule has 1 heterocycles. The van der Waals surface area contributed by atoms with E-state index in [2.05, 4.69) is 20.6 Å². The van der Waals surface area contributed by atoms with Gasteiger partial charge in [0.2, 0.25) is 5.95 Å². The van der Waals surface area contributed by atoms with Crippen LogP contribution < -0.4 is 15.5 Å². The second kappa shape index (κ2) is 6.40. The summed E-state index contributed by atoms with van der Waals surface area (Å²) in [5.41, 5.74) is 0. The largest absolute Gasteiger partial charge is 0.465 e. The van der Waals surface area contributed by atoms with Crippen molar-refractivity contribution in [2.24, 2.45) is 0 Å². The molecule has 7 nitrogen and oxygen atoms in total. The van der Waals surface area contributed by atoms with Gasteiger partial charge in [0.25, 0.3) is 0 Å². The number of nitrogens with one attached hydrogen (secondary N) is 2. The molecule has 2 rings (SSSR count). The van der Waals surface area contributed by atoms with Crippen LogP contribution in [0.1, 0.15) is 25.7 Å². The van der Waals surface area contributed by atoms with Crippen LogP contribution in [0.3, 0.4) is 0 Å². The molecule has 7 heteroatoms. The van der Waals surface area contributed by atoms with Crippen molar-refractivity contribution in [1.29, 1.82) is 0 Å². The second-order valence-corrected chi connectivity index (χ2v) is 5.28. The van der Waals surface area contributed by atoms with Gasteiger partial charge in [-0.15, -0.1) is 0 Å². The summed E-state index contributed by atoms with van der Waals surface area (Å²) in [7, 11) is 3.88. The normalized spacial score (nSPS) is 22.1. The zero-order chi connectivity index (χ0) is 14.5. The lowest BCUT2D eigenvalue weighted by molar-refractivity contribution is 0.185. The number of rotatable bonds is 4. The monoisotopic (exact) mass is 279 g/mol. The minimum Gasteiger partial charge on any atom is -0.465 e. The van der Waals surface area contributed by atoms with Crippen LogP contribution in [0.5, 0.6) is 0 Å². The van der Waals surface area contributed by atoms with Gasteiger partial charge in [-0.25, -0.2) is 9.78 Å². The number of aromatic nitrogens is 2. The lowest BCUT2D eigenvalue weighted by Crippen LogP contribution is -2.39. The Morgan fingerprint density at radius 2 is 1.95 bits per heavy atom. The Kier molecular flexibility index (Phi) is 4.60. The first kappa shape index (κ1) is 14.4. The Balaban J connectivity index is 1.86. The molecule has 0 atom stereocenters. The number of amides is 1. The topological polar surface area (TPSA) is 90.4 Å². The molecule has 1 aliphatic rings. The van der Waals surface area contributed by atoms with Crippen LogP contribution in [0, 0.1) is 0 Å². The summed E-state index contributed by atoms with van der Waals surface area (Å²) in [6, 6.07) is 2.23. The summed E-state index contributed by atoms with van der Waals surface area (Å²) >= 11 is 0. The van der Waals surface area contributed by atoms with Gasteiger partial charge in [-0.1, -0.05) is 0 Å². The van der Waals surface area contributed by atoms with Crippen molar-refractivity contribution in [2.75, 3.05) is 24.3 Å². The number of hydrogen-bond donors (Lipinski definition) is 3. The van der Waals surface area contributed by atoms with E-state index in [-0.39, 0.29) is 6.04 Å². The highest BCUT2D eigenvalue weighted by Gasteiger charge is 2.22. The van der Waals surface area contributed by atoms with Gasteiger partial charge >= 0.3 is 6.09 Å². The lowest BCUT2D eigenvalue weighted by atomic mass is 9.91. The van der Waals surface area contributed by atoms with Crippen molar-refractivity contribution in [3.05, 3.63) is 12.3 Å². The molecule has 0 aliphatic heterocycles. The smallest absolute Gasteiger partial charge is 0.404 e. The molecule has 0 radical (unpaired) electrons. The molecule has 1 aliphatic carbocycles. The summed E-state index contributed by atoms with van der Waals surface area (Å²) < 4.78 is 0. The van der Waals surface area contributed by atoms with E-state index in [1.165, 1.54) is 0 Å². The van der Waals surface area contributed by atoms with Gasteiger partial charge in [0.1, 0.15) is 5.82 Å². The predicted octanol–water partition coefficient (Wildman–Crippen LogP) is 1.53. The van der Waals surface area contributed by atoms with Crippen molar-refractivity contribution >= 4 is 17.9 Å². The molecule has 110 valence electrons. The first-order chi connectivity index (χ1) is 9.54. The van der Waals surface area contributed by atoms with Crippen molar-refractivity contribution < 1.29 is 9.90 Å². The van der Waals surface area contributed by atoms with Gasteiger partial charge in [-0.2, -0.15) is 4.98 Å². The molecule has 1 aromatic rings. The quantitative estimate of drug-likeness (QED) is 0.774. The number of nitrogens with zero attached hydrogens (tertiary/aromatic N) is 3. The van der Waals surface area contributed by atoms with Crippen LogP contribution in [0.25, 0.3) is 0 Å². The molecule has 0 unspecified atom stereocenters. The van der Waals surface area contributed by atoms with E-state index < -0.39 is 6.09 Å². The highest BCUT2D eigenvalue weighted by atomic mass is 16.4. The van der Waals surface area contributed by atoms with E-state index in [1.54, 1.807) is 6.20 Å². The summed E-state index contributed by atoms with van der Waals surface area (Å²) in [6.07, 6.45) is 4.32. The average molecular weight is 279 g/mol. The standard InChI is InChI=1S/C13H21N5O2/c1-18(2)11-7-8-14-12(17-11)15-9-3-5-10(6-4-9)16-13(19)20/h7-10,16H,3-6H2,1-2H3,(H,19,20)(H,14,15,17)/t9-,10+. The molecule has 1 fully saturated rings. The molecule has 0 bridgehead atoms. The van der Waals surface area contributed by atoms with Crippen molar-refractivity contribution in [2.45, 2.75) is 37.8 Å². The molecule has 0 saturated heterocycles. The zero-order valence-electron chi connectivity index (χ0n) is 11.8. The van der Waals surface area contributed by atoms with Crippen molar-refractivity contribution in [1.82, 2.24) is 15.3 Å². The van der Waals surface area contributed by atoms with E-state index >= 15 is 0 Å². The zero-order valence-corrected chi connectivity index (χ0v) is 11.8. The number of carbonyl (C=O) groups is 1. The summed E-state index contributed by atoms with van der Waals surface area (Å²) in [5, 5.41) is 14.6. The first-order valence-corrected chi connectivity index (χ1v) is 6.81. The van der Waals surface area contributed by atoms with Crippen LogP contribution in [0.2, 0.25) is 0 Å². The predicted molar refractivity (Wildman–Crippen MR) is 77.2 cm³/mol. The molecule has 1 amide bonds. The molecule has 20 heavy (non-hydrogen) atoms. The van der Waals surface area contributed by atoms with Gasteiger partial charge in [0.05, 0.1) is 0 Å². The minimum atomic E-state index is -0.941. The van der Waals surface area contributed by atoms with E-state index in [1.807, 2.05) is 25.1 Å². The van der Waals surface area contributed by atoms with Crippen LogP contribution in [-0.2, 0) is 0 Å². The highest BCUT2D eigenvalue weighted by Crippen LogP contribution is 2.21. The van der Waals surface area contributed by atoms with Crippen molar-refractivity contribution in [3.63, 3.8) is 0 Å². The van der Waals surface area contributed by atoms with E-state index in [9.17, 15) is 4.79 Å². The van der Waals surface area contributed by atoms with Gasteiger partial charge in [0.15, 0.2) is 0 Å². The second-order valence-electron chi connectivity index (χ2n) is 5.28. The van der Waals surface area contributed by atoms with E-state index in [0.717, 1.165) is 31.5 Å².